The second kappa shape index (κ2) is 8.18. The van der Waals surface area contributed by atoms with Gasteiger partial charge in [-0.2, -0.15) is 0 Å². The van der Waals surface area contributed by atoms with Crippen LogP contribution in [0.3, 0.4) is 0 Å². The molecule has 0 saturated heterocycles. The molecule has 1 unspecified atom stereocenters. The zero-order valence-electron chi connectivity index (χ0n) is 16.4. The maximum absolute atomic E-state index is 14.4. The second-order valence-electron chi connectivity index (χ2n) is 7.57. The van der Waals surface area contributed by atoms with E-state index in [9.17, 15) is 14.0 Å². The first-order valence-corrected chi connectivity index (χ1v) is 9.98. The maximum atomic E-state index is 14.4. The molecule has 1 atom stereocenters. The van der Waals surface area contributed by atoms with Crippen molar-refractivity contribution < 1.29 is 23.8 Å². The molecule has 1 aliphatic rings. The molecule has 0 spiro atoms. The number of hydrogen-bond donors (Lipinski definition) is 2. The van der Waals surface area contributed by atoms with Gasteiger partial charge in [-0.05, 0) is 43.0 Å². The average molecular weight is 410 g/mol. The van der Waals surface area contributed by atoms with Crippen LogP contribution in [0.1, 0.15) is 42.0 Å². The highest BCUT2D eigenvalue weighted by Crippen LogP contribution is 2.42. The first-order valence-electron chi connectivity index (χ1n) is 9.98. The van der Waals surface area contributed by atoms with Gasteiger partial charge in [-0.15, -0.1) is 0 Å². The molecule has 6 nitrogen and oxygen atoms in total. The standard InChI is InChI=1S/C23H23FN2O4/c24-16-8-3-1-6-14(16)12-26-17-9-4-2-7-15(23(25)29)21(17)22-18(26)10-5-11-19(22)30-13-20(27)28/h1,3,5-6,8,10-11,15H,2,4,7,9,12-13H2,(H2,25,29)(H,27,28). The molecule has 1 aliphatic carbocycles. The number of carboxylic acid groups (broad SMARTS) is 1. The normalized spacial score (nSPS) is 16.1. The highest BCUT2D eigenvalue weighted by atomic mass is 19.1. The van der Waals surface area contributed by atoms with Crippen LogP contribution in [0.15, 0.2) is 42.5 Å². The van der Waals surface area contributed by atoms with Gasteiger partial charge in [0.2, 0.25) is 5.91 Å². The largest absolute Gasteiger partial charge is 0.481 e. The highest BCUT2D eigenvalue weighted by molar-refractivity contribution is 5.97. The molecule has 1 amide bonds. The highest BCUT2D eigenvalue weighted by Gasteiger charge is 2.31. The lowest BCUT2D eigenvalue weighted by molar-refractivity contribution is -0.139. The Morgan fingerprint density at radius 2 is 1.97 bits per heavy atom. The molecule has 0 aliphatic heterocycles. The predicted octanol–water partition coefficient (Wildman–Crippen LogP) is 3.59. The van der Waals surface area contributed by atoms with Gasteiger partial charge in [0.15, 0.2) is 6.61 Å². The smallest absolute Gasteiger partial charge is 0.341 e. The summed E-state index contributed by atoms with van der Waals surface area (Å²) in [6.45, 7) is -0.194. The van der Waals surface area contributed by atoms with Gasteiger partial charge in [0.05, 0.1) is 18.0 Å². The van der Waals surface area contributed by atoms with Crippen LogP contribution in [-0.2, 0) is 22.6 Å². The van der Waals surface area contributed by atoms with E-state index in [0.29, 0.717) is 29.7 Å². The van der Waals surface area contributed by atoms with Crippen molar-refractivity contribution >= 4 is 22.8 Å². The molecule has 0 fully saturated rings. The number of carboxylic acids is 1. The third-order valence-electron chi connectivity index (χ3n) is 5.69. The number of fused-ring (bicyclic) bond motifs is 3. The zero-order valence-corrected chi connectivity index (χ0v) is 16.4. The molecule has 3 N–H and O–H groups in total. The monoisotopic (exact) mass is 410 g/mol. The van der Waals surface area contributed by atoms with Crippen molar-refractivity contribution in [1.82, 2.24) is 4.57 Å². The van der Waals surface area contributed by atoms with E-state index in [1.807, 2.05) is 10.6 Å². The molecule has 7 heteroatoms. The van der Waals surface area contributed by atoms with Crippen molar-refractivity contribution in [2.45, 2.75) is 38.1 Å². The van der Waals surface area contributed by atoms with Crippen LogP contribution in [0.2, 0.25) is 0 Å². The minimum absolute atomic E-state index is 0.298. The molecule has 2 aromatic carbocycles. The Labute approximate surface area is 173 Å². The van der Waals surface area contributed by atoms with Gasteiger partial charge in [0.1, 0.15) is 11.6 Å². The van der Waals surface area contributed by atoms with Crippen LogP contribution in [0, 0.1) is 5.82 Å². The van der Waals surface area contributed by atoms with E-state index in [0.717, 1.165) is 36.0 Å². The molecular weight excluding hydrogens is 387 g/mol. The number of primary amides is 1. The third kappa shape index (κ3) is 3.63. The van der Waals surface area contributed by atoms with Crippen LogP contribution in [0.25, 0.3) is 10.9 Å². The van der Waals surface area contributed by atoms with Gasteiger partial charge in [0, 0.05) is 16.6 Å². The van der Waals surface area contributed by atoms with E-state index in [-0.39, 0.29) is 5.82 Å². The van der Waals surface area contributed by atoms with E-state index in [2.05, 4.69) is 0 Å². The molecule has 1 aromatic heterocycles. The van der Waals surface area contributed by atoms with Gasteiger partial charge in [-0.25, -0.2) is 9.18 Å². The molecule has 156 valence electrons. The Hall–Kier alpha value is -3.35. The summed E-state index contributed by atoms with van der Waals surface area (Å²) >= 11 is 0. The van der Waals surface area contributed by atoms with Gasteiger partial charge in [0.25, 0.3) is 0 Å². The lowest BCUT2D eigenvalue weighted by Crippen LogP contribution is -2.21. The third-order valence-corrected chi connectivity index (χ3v) is 5.69. The quantitative estimate of drug-likeness (QED) is 0.607. The number of aliphatic carboxylic acids is 1. The number of ether oxygens (including phenoxy) is 1. The number of carbonyl (C=O) groups excluding carboxylic acids is 1. The zero-order chi connectivity index (χ0) is 21.3. The molecule has 3 aromatic rings. The van der Waals surface area contributed by atoms with Crippen LogP contribution >= 0.6 is 0 Å². The second-order valence-corrected chi connectivity index (χ2v) is 7.57. The molecule has 0 radical (unpaired) electrons. The first-order chi connectivity index (χ1) is 14.5. The molecule has 0 saturated carbocycles. The fourth-order valence-corrected chi connectivity index (χ4v) is 4.40. The lowest BCUT2D eigenvalue weighted by atomic mass is 9.92. The summed E-state index contributed by atoms with van der Waals surface area (Å²) in [5.41, 5.74) is 8.79. The van der Waals surface area contributed by atoms with E-state index in [1.54, 1.807) is 30.3 Å². The van der Waals surface area contributed by atoms with Gasteiger partial charge in [-0.1, -0.05) is 30.7 Å². The van der Waals surface area contributed by atoms with Crippen molar-refractivity contribution in [3.63, 3.8) is 0 Å². The van der Waals surface area contributed by atoms with E-state index >= 15 is 0 Å². The number of rotatable bonds is 6. The lowest BCUT2D eigenvalue weighted by Gasteiger charge is -2.14. The summed E-state index contributed by atoms with van der Waals surface area (Å²) in [5.74, 6) is -1.91. The number of aromatic nitrogens is 1. The Kier molecular flexibility index (Phi) is 5.44. The number of carbonyl (C=O) groups is 2. The molecule has 4 rings (SSSR count). The number of amides is 1. The topological polar surface area (TPSA) is 94.6 Å². The number of hydrogen-bond acceptors (Lipinski definition) is 3. The molecule has 1 heterocycles. The van der Waals surface area contributed by atoms with Gasteiger partial charge < -0.3 is 20.1 Å². The average Bonchev–Trinajstić information content (AvgIpc) is 2.87. The van der Waals surface area contributed by atoms with Crippen LogP contribution < -0.4 is 10.5 Å². The number of nitrogens with two attached hydrogens (primary N) is 1. The Balaban J connectivity index is 1.96. The Bertz CT molecular complexity index is 1120. The minimum Gasteiger partial charge on any atom is -0.481 e. The van der Waals surface area contributed by atoms with Crippen molar-refractivity contribution in [3.8, 4) is 5.75 Å². The van der Waals surface area contributed by atoms with Crippen molar-refractivity contribution in [2.24, 2.45) is 5.73 Å². The number of halogens is 1. The van der Waals surface area contributed by atoms with E-state index in [4.69, 9.17) is 15.6 Å². The van der Waals surface area contributed by atoms with Crippen molar-refractivity contribution in [1.29, 1.82) is 0 Å². The van der Waals surface area contributed by atoms with Crippen LogP contribution in [0.4, 0.5) is 4.39 Å². The fourth-order valence-electron chi connectivity index (χ4n) is 4.40. The number of benzene rings is 2. The van der Waals surface area contributed by atoms with Crippen molar-refractivity contribution in [2.75, 3.05) is 6.61 Å². The summed E-state index contributed by atoms with van der Waals surface area (Å²) in [7, 11) is 0. The molecule has 0 bridgehead atoms. The minimum atomic E-state index is -1.09. The SMILES string of the molecule is NC(=O)C1CCCCc2c1c1c(OCC(=O)O)cccc1n2Cc1ccccc1F. The predicted molar refractivity (Wildman–Crippen MR) is 110 cm³/mol. The summed E-state index contributed by atoms with van der Waals surface area (Å²) in [6, 6.07) is 12.0. The Morgan fingerprint density at radius 1 is 1.17 bits per heavy atom. The summed E-state index contributed by atoms with van der Waals surface area (Å²) < 4.78 is 22.0. The van der Waals surface area contributed by atoms with Crippen LogP contribution in [0.5, 0.6) is 5.75 Å². The van der Waals surface area contributed by atoms with Gasteiger partial charge in [-0.3, -0.25) is 4.79 Å². The fraction of sp³-hybridized carbons (Fsp3) is 0.304. The number of nitrogens with zero attached hydrogens (tertiary/aromatic N) is 1. The maximum Gasteiger partial charge on any atom is 0.341 e. The van der Waals surface area contributed by atoms with Crippen LogP contribution in [-0.4, -0.2) is 28.2 Å². The Morgan fingerprint density at radius 3 is 2.70 bits per heavy atom. The van der Waals surface area contributed by atoms with Crippen molar-refractivity contribution in [3.05, 3.63) is 65.1 Å². The van der Waals surface area contributed by atoms with E-state index < -0.39 is 24.4 Å². The first kappa shape index (κ1) is 19.9. The summed E-state index contributed by atoms with van der Waals surface area (Å²) in [6.07, 6.45) is 3.08. The molecule has 30 heavy (non-hydrogen) atoms. The van der Waals surface area contributed by atoms with Gasteiger partial charge >= 0.3 is 5.97 Å². The summed E-state index contributed by atoms with van der Waals surface area (Å²) in [5, 5.41) is 9.75. The molecular formula is C23H23FN2O4. The van der Waals surface area contributed by atoms with E-state index in [1.165, 1.54) is 6.07 Å². The summed E-state index contributed by atoms with van der Waals surface area (Å²) in [4.78, 5) is 23.4.